The monoisotopic (exact) mass is 350 g/mol. The van der Waals surface area contributed by atoms with E-state index in [4.69, 9.17) is 23.2 Å². The Hall–Kier alpha value is -2.04. The lowest BCUT2D eigenvalue weighted by Crippen LogP contribution is -2.37. The highest BCUT2D eigenvalue weighted by Crippen LogP contribution is 2.16. The summed E-state index contributed by atoms with van der Waals surface area (Å²) in [5.41, 5.74) is 1.31. The molecule has 23 heavy (non-hydrogen) atoms. The summed E-state index contributed by atoms with van der Waals surface area (Å²) in [6.07, 6.45) is 0. The molecule has 0 saturated carbocycles. The van der Waals surface area contributed by atoms with Crippen LogP contribution in [0, 0.1) is 0 Å². The van der Waals surface area contributed by atoms with Gasteiger partial charge in [-0.15, -0.1) is 0 Å². The highest BCUT2D eigenvalue weighted by molar-refractivity contribution is 6.31. The Morgan fingerprint density at radius 3 is 2.35 bits per heavy atom. The molecule has 0 spiro atoms. The molecule has 2 aromatic carbocycles. The number of carbonyl (C=O) groups is 2. The van der Waals surface area contributed by atoms with Gasteiger partial charge in [0.25, 0.3) is 5.91 Å². The highest BCUT2D eigenvalue weighted by atomic mass is 35.5. The van der Waals surface area contributed by atoms with Crippen molar-refractivity contribution >= 4 is 35.0 Å². The molecule has 2 rings (SSSR count). The van der Waals surface area contributed by atoms with E-state index in [0.29, 0.717) is 22.2 Å². The number of amides is 2. The zero-order valence-corrected chi connectivity index (χ0v) is 14.1. The predicted molar refractivity (Wildman–Crippen MR) is 91.7 cm³/mol. The van der Waals surface area contributed by atoms with Crippen molar-refractivity contribution in [3.63, 3.8) is 0 Å². The molecule has 0 atom stereocenters. The Labute approximate surface area is 145 Å². The lowest BCUT2D eigenvalue weighted by molar-refractivity contribution is -0.129. The molecular weight excluding hydrogens is 335 g/mol. The van der Waals surface area contributed by atoms with E-state index in [9.17, 15) is 9.59 Å². The molecule has 4 nitrogen and oxygen atoms in total. The molecule has 2 aromatic rings. The topological polar surface area (TPSA) is 49.4 Å². The minimum Gasteiger partial charge on any atom is -0.343 e. The van der Waals surface area contributed by atoms with Crippen LogP contribution >= 0.6 is 23.2 Å². The van der Waals surface area contributed by atoms with E-state index < -0.39 is 0 Å². The van der Waals surface area contributed by atoms with Gasteiger partial charge in [0.05, 0.1) is 6.54 Å². The van der Waals surface area contributed by atoms with E-state index in [2.05, 4.69) is 5.32 Å². The summed E-state index contributed by atoms with van der Waals surface area (Å²) in [4.78, 5) is 25.6. The van der Waals surface area contributed by atoms with Crippen LogP contribution in [0.25, 0.3) is 0 Å². The van der Waals surface area contributed by atoms with Crippen molar-refractivity contribution in [1.29, 1.82) is 0 Å². The number of halogens is 2. The third-order valence-corrected chi connectivity index (χ3v) is 3.92. The van der Waals surface area contributed by atoms with Crippen LogP contribution in [-0.2, 0) is 11.3 Å². The smallest absolute Gasteiger partial charge is 0.251 e. The molecule has 0 bridgehead atoms. The van der Waals surface area contributed by atoms with Crippen molar-refractivity contribution in [2.75, 3.05) is 13.6 Å². The molecular formula is C17H16Cl2N2O2. The lowest BCUT2D eigenvalue weighted by atomic mass is 10.2. The fourth-order valence-corrected chi connectivity index (χ4v) is 2.29. The number of nitrogens with zero attached hydrogens (tertiary/aromatic N) is 1. The van der Waals surface area contributed by atoms with Gasteiger partial charge in [-0.05, 0) is 35.9 Å². The van der Waals surface area contributed by atoms with Crippen molar-refractivity contribution in [1.82, 2.24) is 10.2 Å². The fraction of sp³-hybridized carbons (Fsp3) is 0.176. The van der Waals surface area contributed by atoms with Crippen LogP contribution in [0.4, 0.5) is 0 Å². The molecule has 2 amide bonds. The highest BCUT2D eigenvalue weighted by Gasteiger charge is 2.13. The Balaban J connectivity index is 1.87. The van der Waals surface area contributed by atoms with E-state index in [1.807, 2.05) is 18.2 Å². The molecule has 120 valence electrons. The van der Waals surface area contributed by atoms with E-state index in [0.717, 1.165) is 5.56 Å². The number of rotatable bonds is 5. The molecule has 1 N–H and O–H groups in total. The van der Waals surface area contributed by atoms with Crippen molar-refractivity contribution in [3.05, 3.63) is 69.7 Å². The second-order valence-electron chi connectivity index (χ2n) is 5.03. The standard InChI is InChI=1S/C17H16Cl2N2O2/c1-21(11-13-4-2-3-5-15(13)19)16(22)10-20-17(23)12-6-8-14(18)9-7-12/h2-9H,10-11H2,1H3,(H,20,23). The van der Waals surface area contributed by atoms with E-state index in [1.54, 1.807) is 37.4 Å². The number of carbonyl (C=O) groups excluding carboxylic acids is 2. The zero-order chi connectivity index (χ0) is 16.8. The maximum Gasteiger partial charge on any atom is 0.251 e. The van der Waals surface area contributed by atoms with Gasteiger partial charge in [-0.3, -0.25) is 9.59 Å². The Morgan fingerprint density at radius 2 is 1.70 bits per heavy atom. The summed E-state index contributed by atoms with van der Waals surface area (Å²) < 4.78 is 0. The van der Waals surface area contributed by atoms with Crippen LogP contribution < -0.4 is 5.32 Å². The van der Waals surface area contributed by atoms with E-state index in [1.165, 1.54) is 4.90 Å². The van der Waals surface area contributed by atoms with E-state index >= 15 is 0 Å². The van der Waals surface area contributed by atoms with Crippen molar-refractivity contribution in [2.45, 2.75) is 6.54 Å². The lowest BCUT2D eigenvalue weighted by Gasteiger charge is -2.18. The van der Waals surface area contributed by atoms with Gasteiger partial charge in [-0.25, -0.2) is 0 Å². The summed E-state index contributed by atoms with van der Waals surface area (Å²) in [6, 6.07) is 13.8. The number of likely N-dealkylation sites (N-methyl/N-ethyl adjacent to an activating group) is 1. The van der Waals surface area contributed by atoms with Crippen molar-refractivity contribution in [3.8, 4) is 0 Å². The fourth-order valence-electron chi connectivity index (χ4n) is 1.96. The molecule has 0 fully saturated rings. The summed E-state index contributed by atoms with van der Waals surface area (Å²) in [5, 5.41) is 3.75. The first-order valence-corrected chi connectivity index (χ1v) is 7.74. The SMILES string of the molecule is CN(Cc1ccccc1Cl)C(=O)CNC(=O)c1ccc(Cl)cc1. The molecule has 0 unspecified atom stereocenters. The summed E-state index contributed by atoms with van der Waals surface area (Å²) in [6.45, 7) is 0.303. The minimum atomic E-state index is -0.318. The van der Waals surface area contributed by atoms with E-state index in [-0.39, 0.29) is 18.4 Å². The van der Waals surface area contributed by atoms with Gasteiger partial charge in [0.1, 0.15) is 0 Å². The van der Waals surface area contributed by atoms with Gasteiger partial charge >= 0.3 is 0 Å². The Morgan fingerprint density at radius 1 is 1.04 bits per heavy atom. The van der Waals surface area contributed by atoms with Crippen molar-refractivity contribution in [2.24, 2.45) is 0 Å². The van der Waals surface area contributed by atoms with Crippen LogP contribution in [-0.4, -0.2) is 30.3 Å². The molecule has 0 aliphatic carbocycles. The molecule has 0 aliphatic rings. The van der Waals surface area contributed by atoms with Gasteiger partial charge in [0.15, 0.2) is 0 Å². The van der Waals surface area contributed by atoms with Crippen LogP contribution in [0.2, 0.25) is 10.0 Å². The first-order chi connectivity index (χ1) is 11.0. The van der Waals surface area contributed by atoms with Crippen molar-refractivity contribution < 1.29 is 9.59 Å². The predicted octanol–water partition coefficient (Wildman–Crippen LogP) is 3.38. The molecule has 0 aliphatic heterocycles. The number of hydrogen-bond donors (Lipinski definition) is 1. The molecule has 6 heteroatoms. The van der Waals surface area contributed by atoms with Gasteiger partial charge in [-0.1, -0.05) is 41.4 Å². The number of nitrogens with one attached hydrogen (secondary N) is 1. The van der Waals surface area contributed by atoms with Crippen LogP contribution in [0.3, 0.4) is 0 Å². The Bertz CT molecular complexity index is 702. The maximum atomic E-state index is 12.1. The van der Waals surface area contributed by atoms with Gasteiger partial charge in [0.2, 0.25) is 5.91 Å². The number of hydrogen-bond acceptors (Lipinski definition) is 2. The number of benzene rings is 2. The second-order valence-corrected chi connectivity index (χ2v) is 5.87. The normalized spacial score (nSPS) is 10.2. The molecule has 0 heterocycles. The summed E-state index contributed by atoms with van der Waals surface area (Å²) >= 11 is 11.8. The first kappa shape index (κ1) is 17.3. The molecule has 0 aromatic heterocycles. The summed E-state index contributed by atoms with van der Waals surface area (Å²) in [5.74, 6) is -0.520. The van der Waals surface area contributed by atoms with Gasteiger partial charge in [-0.2, -0.15) is 0 Å². The molecule has 0 saturated heterocycles. The van der Waals surface area contributed by atoms with Crippen LogP contribution in [0.5, 0.6) is 0 Å². The van der Waals surface area contributed by atoms with Gasteiger partial charge < -0.3 is 10.2 Å². The van der Waals surface area contributed by atoms with Crippen LogP contribution in [0.15, 0.2) is 48.5 Å². The minimum absolute atomic E-state index is 0.0809. The zero-order valence-electron chi connectivity index (χ0n) is 12.6. The second kappa shape index (κ2) is 7.99. The average molecular weight is 351 g/mol. The third kappa shape index (κ3) is 4.98. The Kier molecular flexibility index (Phi) is 6.02. The quantitative estimate of drug-likeness (QED) is 0.898. The maximum absolute atomic E-state index is 12.1. The summed E-state index contributed by atoms with van der Waals surface area (Å²) in [7, 11) is 1.67. The van der Waals surface area contributed by atoms with Gasteiger partial charge in [0, 0.05) is 29.2 Å². The third-order valence-electron chi connectivity index (χ3n) is 3.30. The average Bonchev–Trinajstić information content (AvgIpc) is 2.55. The molecule has 0 radical (unpaired) electrons. The first-order valence-electron chi connectivity index (χ1n) is 6.98. The largest absolute Gasteiger partial charge is 0.343 e. The van der Waals surface area contributed by atoms with Crippen LogP contribution in [0.1, 0.15) is 15.9 Å².